The highest BCUT2D eigenvalue weighted by Crippen LogP contribution is 2.34. The topological polar surface area (TPSA) is 52.7 Å². The Kier molecular flexibility index (Phi) is 5.23. The summed E-state index contributed by atoms with van der Waals surface area (Å²) in [6.45, 7) is 2.85. The second-order valence-corrected chi connectivity index (χ2v) is 9.43. The van der Waals surface area contributed by atoms with Crippen LogP contribution in [0, 0.1) is 0 Å². The van der Waals surface area contributed by atoms with E-state index in [0.717, 1.165) is 24.5 Å². The lowest BCUT2D eigenvalue weighted by Crippen LogP contribution is -2.65. The van der Waals surface area contributed by atoms with E-state index in [1.807, 2.05) is 23.5 Å². The van der Waals surface area contributed by atoms with Gasteiger partial charge in [-0.2, -0.15) is 0 Å². The summed E-state index contributed by atoms with van der Waals surface area (Å²) in [5, 5.41) is 4.74. The normalized spacial score (nSPS) is 19.8. The van der Waals surface area contributed by atoms with Crippen molar-refractivity contribution >= 4 is 44.8 Å². The molecule has 2 aliphatic heterocycles. The van der Waals surface area contributed by atoms with Crippen molar-refractivity contribution in [2.75, 3.05) is 26.2 Å². The number of fused-ring (bicyclic) bond motifs is 2. The van der Waals surface area contributed by atoms with Gasteiger partial charge in [-0.05, 0) is 34.7 Å². The minimum Gasteiger partial charge on any atom is -0.345 e. The molecule has 30 heavy (non-hydrogen) atoms. The Morgan fingerprint density at radius 1 is 1.07 bits per heavy atom. The molecular weight excluding hydrogens is 418 g/mol. The summed E-state index contributed by atoms with van der Waals surface area (Å²) in [4.78, 5) is 29.8. The number of piperazine rings is 2. The SMILES string of the molecule is O=C1NCC(=O)N2CCN(Cc3c(Cc4ccc(Cl)cc4)sc4ccccc34)CC12. The fourth-order valence-corrected chi connectivity index (χ4v) is 5.74. The highest BCUT2D eigenvalue weighted by atomic mass is 35.5. The molecule has 2 saturated heterocycles. The molecule has 0 spiro atoms. The van der Waals surface area contributed by atoms with Crippen LogP contribution in [-0.4, -0.2) is 53.8 Å². The van der Waals surface area contributed by atoms with E-state index >= 15 is 0 Å². The summed E-state index contributed by atoms with van der Waals surface area (Å²) in [6, 6.07) is 16.1. The molecule has 1 N–H and O–H groups in total. The first-order valence-corrected chi connectivity index (χ1v) is 11.3. The minimum atomic E-state index is -0.385. The van der Waals surface area contributed by atoms with Gasteiger partial charge >= 0.3 is 0 Å². The van der Waals surface area contributed by atoms with E-state index in [-0.39, 0.29) is 24.4 Å². The van der Waals surface area contributed by atoms with E-state index in [4.69, 9.17) is 11.6 Å². The molecule has 5 nitrogen and oxygen atoms in total. The zero-order valence-corrected chi connectivity index (χ0v) is 18.0. The van der Waals surface area contributed by atoms with Crippen molar-refractivity contribution in [1.82, 2.24) is 15.1 Å². The van der Waals surface area contributed by atoms with Crippen LogP contribution in [-0.2, 0) is 22.6 Å². The Balaban J connectivity index is 1.43. The van der Waals surface area contributed by atoms with Crippen molar-refractivity contribution in [2.24, 2.45) is 0 Å². The van der Waals surface area contributed by atoms with Crippen molar-refractivity contribution in [1.29, 1.82) is 0 Å². The molecule has 1 atom stereocenters. The molecule has 2 aromatic carbocycles. The fourth-order valence-electron chi connectivity index (χ4n) is 4.36. The largest absolute Gasteiger partial charge is 0.345 e. The number of carbonyl (C=O) groups excluding carboxylic acids is 2. The number of amides is 2. The van der Waals surface area contributed by atoms with Gasteiger partial charge in [-0.1, -0.05) is 41.9 Å². The second-order valence-electron chi connectivity index (χ2n) is 7.86. The summed E-state index contributed by atoms with van der Waals surface area (Å²) in [7, 11) is 0. The zero-order chi connectivity index (χ0) is 20.7. The molecule has 7 heteroatoms. The standard InChI is InChI=1S/C23H22ClN3O2S/c24-16-7-5-15(6-8-16)11-21-18(17-3-1-2-4-20(17)30-21)13-26-9-10-27-19(14-26)23(29)25-12-22(27)28/h1-8,19H,9-14H2,(H,25,29). The van der Waals surface area contributed by atoms with E-state index in [1.165, 1.54) is 26.1 Å². The number of benzene rings is 2. The van der Waals surface area contributed by atoms with Crippen molar-refractivity contribution in [3.63, 3.8) is 0 Å². The molecule has 154 valence electrons. The molecule has 3 aromatic rings. The number of nitrogens with zero attached hydrogens (tertiary/aromatic N) is 2. The van der Waals surface area contributed by atoms with Crippen LogP contribution in [0.25, 0.3) is 10.1 Å². The van der Waals surface area contributed by atoms with Gasteiger partial charge in [0.05, 0.1) is 6.54 Å². The summed E-state index contributed by atoms with van der Waals surface area (Å²) >= 11 is 7.88. The fraction of sp³-hybridized carbons (Fsp3) is 0.304. The van der Waals surface area contributed by atoms with Crippen LogP contribution in [0.2, 0.25) is 5.02 Å². The number of carbonyl (C=O) groups is 2. The Bertz CT molecular complexity index is 1110. The quantitative estimate of drug-likeness (QED) is 0.678. The summed E-state index contributed by atoms with van der Waals surface area (Å²) in [5.41, 5.74) is 2.55. The highest BCUT2D eigenvalue weighted by molar-refractivity contribution is 7.19. The zero-order valence-electron chi connectivity index (χ0n) is 16.4. The Labute approximate surface area is 184 Å². The van der Waals surface area contributed by atoms with Crippen LogP contribution in [0.5, 0.6) is 0 Å². The Hall–Kier alpha value is -2.41. The van der Waals surface area contributed by atoms with Gasteiger partial charge in [0.15, 0.2) is 0 Å². The lowest BCUT2D eigenvalue weighted by Gasteiger charge is -2.43. The molecule has 2 amide bonds. The van der Waals surface area contributed by atoms with Gasteiger partial charge in [0.1, 0.15) is 6.04 Å². The lowest BCUT2D eigenvalue weighted by atomic mass is 10.0. The van der Waals surface area contributed by atoms with Crippen LogP contribution in [0.4, 0.5) is 0 Å². The number of hydrogen-bond acceptors (Lipinski definition) is 4. The smallest absolute Gasteiger partial charge is 0.244 e. The first kappa shape index (κ1) is 19.5. The summed E-state index contributed by atoms with van der Waals surface area (Å²) in [5.74, 6) is -0.0282. The Morgan fingerprint density at radius 3 is 2.70 bits per heavy atom. The molecule has 0 bridgehead atoms. The number of rotatable bonds is 4. The maximum atomic E-state index is 12.3. The van der Waals surface area contributed by atoms with Gasteiger partial charge in [0, 0.05) is 47.2 Å². The van der Waals surface area contributed by atoms with Crippen LogP contribution in [0.1, 0.15) is 16.0 Å². The second kappa shape index (κ2) is 8.02. The average molecular weight is 440 g/mol. The number of hydrogen-bond donors (Lipinski definition) is 1. The monoisotopic (exact) mass is 439 g/mol. The first-order chi connectivity index (χ1) is 14.6. The molecule has 0 aliphatic carbocycles. The van der Waals surface area contributed by atoms with Crippen molar-refractivity contribution in [2.45, 2.75) is 19.0 Å². The van der Waals surface area contributed by atoms with E-state index in [9.17, 15) is 9.59 Å². The third kappa shape index (κ3) is 3.71. The molecule has 3 heterocycles. The molecule has 1 unspecified atom stereocenters. The number of thiophene rings is 1. The first-order valence-electron chi connectivity index (χ1n) is 10.1. The summed E-state index contributed by atoms with van der Waals surface area (Å²) in [6.07, 6.45) is 0.855. The van der Waals surface area contributed by atoms with Gasteiger partial charge in [-0.3, -0.25) is 14.5 Å². The van der Waals surface area contributed by atoms with Gasteiger partial charge in [-0.25, -0.2) is 0 Å². The van der Waals surface area contributed by atoms with Gasteiger partial charge < -0.3 is 10.2 Å². The van der Waals surface area contributed by atoms with Crippen LogP contribution < -0.4 is 5.32 Å². The Morgan fingerprint density at radius 2 is 1.87 bits per heavy atom. The highest BCUT2D eigenvalue weighted by Gasteiger charge is 2.38. The molecule has 5 rings (SSSR count). The molecule has 1 aromatic heterocycles. The van der Waals surface area contributed by atoms with Crippen LogP contribution in [0.15, 0.2) is 48.5 Å². The minimum absolute atomic E-state index is 0.0173. The van der Waals surface area contributed by atoms with Gasteiger partial charge in [-0.15, -0.1) is 11.3 Å². The summed E-state index contributed by atoms with van der Waals surface area (Å²) < 4.78 is 1.28. The molecule has 0 saturated carbocycles. The third-order valence-corrected chi connectivity index (χ3v) is 7.41. The maximum Gasteiger partial charge on any atom is 0.244 e. The van der Waals surface area contributed by atoms with Gasteiger partial charge in [0.25, 0.3) is 0 Å². The lowest BCUT2D eigenvalue weighted by molar-refractivity contribution is -0.149. The van der Waals surface area contributed by atoms with Crippen LogP contribution in [0.3, 0.4) is 0 Å². The van der Waals surface area contributed by atoms with Crippen molar-refractivity contribution < 1.29 is 9.59 Å². The third-order valence-electron chi connectivity index (χ3n) is 5.94. The van der Waals surface area contributed by atoms with Crippen LogP contribution >= 0.6 is 22.9 Å². The molecule has 0 radical (unpaired) electrons. The van der Waals surface area contributed by atoms with E-state index in [0.29, 0.717) is 13.1 Å². The van der Waals surface area contributed by atoms with E-state index < -0.39 is 0 Å². The predicted octanol–water partition coefficient (Wildman–Crippen LogP) is 3.29. The van der Waals surface area contributed by atoms with E-state index in [2.05, 4.69) is 46.6 Å². The van der Waals surface area contributed by atoms with Crippen molar-refractivity contribution in [3.8, 4) is 0 Å². The number of nitrogens with one attached hydrogen (secondary N) is 1. The molecule has 2 aliphatic rings. The maximum absolute atomic E-state index is 12.3. The predicted molar refractivity (Wildman–Crippen MR) is 120 cm³/mol. The van der Waals surface area contributed by atoms with Gasteiger partial charge in [0.2, 0.25) is 11.8 Å². The van der Waals surface area contributed by atoms with E-state index in [1.54, 1.807) is 4.90 Å². The average Bonchev–Trinajstić information content (AvgIpc) is 3.09. The van der Waals surface area contributed by atoms with Crippen molar-refractivity contribution in [3.05, 3.63) is 69.6 Å². The number of halogens is 1. The molecular formula is C23H22ClN3O2S. The molecule has 2 fully saturated rings.